The second kappa shape index (κ2) is 4.92. The van der Waals surface area contributed by atoms with Crippen molar-refractivity contribution in [2.45, 2.75) is 19.4 Å². The van der Waals surface area contributed by atoms with Gasteiger partial charge in [-0.2, -0.15) is 0 Å². The van der Waals surface area contributed by atoms with Crippen molar-refractivity contribution < 1.29 is 19.2 Å². The fraction of sp³-hybridized carbons (Fsp3) is 0.273. The molecule has 2 rings (SSSR count). The third kappa shape index (κ3) is 2.62. The van der Waals surface area contributed by atoms with Crippen LogP contribution in [0.1, 0.15) is 12.8 Å². The summed E-state index contributed by atoms with van der Waals surface area (Å²) in [7, 11) is 0. The fourth-order valence-corrected chi connectivity index (χ4v) is 1.76. The van der Waals surface area contributed by atoms with E-state index in [0.717, 1.165) is 6.07 Å². The van der Waals surface area contributed by atoms with E-state index in [2.05, 4.69) is 0 Å². The molecule has 0 unspecified atom stereocenters. The summed E-state index contributed by atoms with van der Waals surface area (Å²) in [6.07, 6.45) is 0.0416. The lowest BCUT2D eigenvalue weighted by Crippen LogP contribution is -2.23. The van der Waals surface area contributed by atoms with Crippen LogP contribution >= 0.6 is 0 Å². The number of aromatic nitrogens is 1. The van der Waals surface area contributed by atoms with Crippen LogP contribution in [0.15, 0.2) is 27.4 Å². The highest BCUT2D eigenvalue weighted by atomic mass is 16.6. The van der Waals surface area contributed by atoms with Crippen LogP contribution in [-0.4, -0.2) is 15.5 Å². The number of nitro benzene ring substituents is 1. The Labute approximate surface area is 106 Å². The van der Waals surface area contributed by atoms with Crippen molar-refractivity contribution in [2.75, 3.05) is 0 Å². The molecule has 2 aromatic rings. The zero-order valence-electron chi connectivity index (χ0n) is 9.70. The molecule has 100 valence electrons. The first-order valence-corrected chi connectivity index (χ1v) is 5.46. The Morgan fingerprint density at radius 3 is 2.79 bits per heavy atom. The van der Waals surface area contributed by atoms with Crippen molar-refractivity contribution in [3.63, 3.8) is 0 Å². The summed E-state index contributed by atoms with van der Waals surface area (Å²) in [6, 6.07) is 3.82. The lowest BCUT2D eigenvalue weighted by molar-refractivity contribution is -0.384. The number of carbonyl (C=O) groups is 1. The zero-order chi connectivity index (χ0) is 14.0. The number of non-ortho nitro benzene ring substituents is 1. The molecule has 1 aromatic heterocycles. The zero-order valence-corrected chi connectivity index (χ0v) is 9.70. The second-order valence-corrected chi connectivity index (χ2v) is 3.90. The van der Waals surface area contributed by atoms with Gasteiger partial charge in [0.1, 0.15) is 0 Å². The smallest absolute Gasteiger partial charge is 0.419 e. The Bertz CT molecular complexity index is 699. The molecule has 0 radical (unpaired) electrons. The molecule has 1 aromatic carbocycles. The average molecular weight is 265 g/mol. The number of benzene rings is 1. The van der Waals surface area contributed by atoms with Crippen LogP contribution in [0.25, 0.3) is 11.1 Å². The predicted octanol–water partition coefficient (Wildman–Crippen LogP) is 0.0328. The maximum absolute atomic E-state index is 11.6. The summed E-state index contributed by atoms with van der Waals surface area (Å²) in [5.41, 5.74) is 0.324. The van der Waals surface area contributed by atoms with Crippen LogP contribution in [-0.2, 0) is 11.3 Å². The quantitative estimate of drug-likeness (QED) is 0.556. The molecule has 0 N–H and O–H groups in total. The van der Waals surface area contributed by atoms with Gasteiger partial charge >= 0.3 is 5.76 Å². The van der Waals surface area contributed by atoms with E-state index in [-0.39, 0.29) is 30.7 Å². The van der Waals surface area contributed by atoms with Gasteiger partial charge in [0.05, 0.1) is 16.5 Å². The van der Waals surface area contributed by atoms with Crippen LogP contribution in [0.3, 0.4) is 0 Å². The summed E-state index contributed by atoms with van der Waals surface area (Å²) in [6.45, 7) is 0.150. The third-order valence-electron chi connectivity index (χ3n) is 2.63. The number of hydrogen-bond donors (Lipinski definition) is 0. The number of oxazole rings is 1. The van der Waals surface area contributed by atoms with Crippen LogP contribution in [0.4, 0.5) is 5.69 Å². The van der Waals surface area contributed by atoms with Crippen LogP contribution in [0, 0.1) is 10.1 Å². The number of carboxylic acids is 1. The molecular formula is C11H9N2O6-. The first-order valence-electron chi connectivity index (χ1n) is 5.46. The van der Waals surface area contributed by atoms with Gasteiger partial charge in [-0.1, -0.05) is 0 Å². The van der Waals surface area contributed by atoms with Gasteiger partial charge in [0.15, 0.2) is 5.58 Å². The lowest BCUT2D eigenvalue weighted by atomic mass is 10.2. The highest BCUT2D eigenvalue weighted by Crippen LogP contribution is 2.20. The number of carboxylic acid groups (broad SMARTS) is 1. The Hall–Kier alpha value is -2.64. The number of aryl methyl sites for hydroxylation is 1. The molecule has 0 amide bonds. The first-order chi connectivity index (χ1) is 8.99. The monoisotopic (exact) mass is 265 g/mol. The van der Waals surface area contributed by atoms with E-state index >= 15 is 0 Å². The van der Waals surface area contributed by atoms with Crippen LogP contribution in [0.5, 0.6) is 0 Å². The lowest BCUT2D eigenvalue weighted by Gasteiger charge is -2.02. The Morgan fingerprint density at radius 1 is 1.42 bits per heavy atom. The van der Waals surface area contributed by atoms with Crippen molar-refractivity contribution in [3.8, 4) is 0 Å². The van der Waals surface area contributed by atoms with Gasteiger partial charge in [-0.05, 0) is 18.9 Å². The van der Waals surface area contributed by atoms with Crippen LogP contribution in [0.2, 0.25) is 0 Å². The van der Waals surface area contributed by atoms with E-state index in [1.165, 1.54) is 16.7 Å². The van der Waals surface area contributed by atoms with E-state index in [1.807, 2.05) is 0 Å². The van der Waals surface area contributed by atoms with Gasteiger partial charge in [0.25, 0.3) is 5.69 Å². The molecule has 8 heteroatoms. The molecule has 0 atom stereocenters. The molecule has 0 saturated heterocycles. The molecule has 0 aliphatic rings. The van der Waals surface area contributed by atoms with E-state index in [1.54, 1.807) is 0 Å². The standard InChI is InChI=1S/C11H10N2O6/c14-10(15)2-1-5-12-8-4-3-7(13(17)18)6-9(8)19-11(12)16/h3-4,6H,1-2,5H2,(H,14,15)/p-1. The number of nitrogens with zero attached hydrogens (tertiary/aromatic N) is 2. The molecule has 0 aliphatic carbocycles. The van der Waals surface area contributed by atoms with Gasteiger partial charge < -0.3 is 14.3 Å². The molecular weight excluding hydrogens is 256 g/mol. The van der Waals surface area contributed by atoms with E-state index in [0.29, 0.717) is 5.52 Å². The van der Waals surface area contributed by atoms with E-state index in [9.17, 15) is 24.8 Å². The molecule has 0 aliphatic heterocycles. The number of nitro groups is 1. The SMILES string of the molecule is O=C([O-])CCCn1c(=O)oc2cc([N+](=O)[O-])ccc21. The van der Waals surface area contributed by atoms with Gasteiger partial charge in [-0.25, -0.2) is 4.79 Å². The number of hydrogen-bond acceptors (Lipinski definition) is 6. The Morgan fingerprint density at radius 2 is 2.16 bits per heavy atom. The molecule has 0 spiro atoms. The highest BCUT2D eigenvalue weighted by molar-refractivity contribution is 5.75. The van der Waals surface area contributed by atoms with Gasteiger partial charge in [-0.3, -0.25) is 14.7 Å². The molecule has 19 heavy (non-hydrogen) atoms. The Kier molecular flexibility index (Phi) is 3.32. The largest absolute Gasteiger partial charge is 0.550 e. The van der Waals surface area contributed by atoms with Crippen molar-refractivity contribution in [2.24, 2.45) is 0 Å². The van der Waals surface area contributed by atoms with Gasteiger partial charge in [-0.15, -0.1) is 0 Å². The van der Waals surface area contributed by atoms with Crippen molar-refractivity contribution in [3.05, 3.63) is 38.9 Å². The minimum absolute atomic E-state index is 0.104. The molecule has 0 saturated carbocycles. The third-order valence-corrected chi connectivity index (χ3v) is 2.63. The molecule has 0 fully saturated rings. The number of aliphatic carboxylic acids is 1. The number of rotatable bonds is 5. The minimum atomic E-state index is -1.20. The topological polar surface area (TPSA) is 118 Å². The van der Waals surface area contributed by atoms with Gasteiger partial charge in [0.2, 0.25) is 0 Å². The molecule has 8 nitrogen and oxygen atoms in total. The van der Waals surface area contributed by atoms with E-state index in [4.69, 9.17) is 4.42 Å². The summed E-state index contributed by atoms with van der Waals surface area (Å²) < 4.78 is 6.13. The normalized spacial score (nSPS) is 10.7. The first kappa shape index (κ1) is 12.8. The number of fused-ring (bicyclic) bond motifs is 1. The van der Waals surface area contributed by atoms with E-state index < -0.39 is 16.6 Å². The summed E-state index contributed by atoms with van der Waals surface area (Å²) in [5.74, 6) is -1.87. The summed E-state index contributed by atoms with van der Waals surface area (Å²) >= 11 is 0. The van der Waals surface area contributed by atoms with Crippen LogP contribution < -0.4 is 10.9 Å². The van der Waals surface area contributed by atoms with Gasteiger partial charge in [0, 0.05) is 18.6 Å². The van der Waals surface area contributed by atoms with Crippen molar-refractivity contribution in [1.82, 2.24) is 4.57 Å². The average Bonchev–Trinajstić information content (AvgIpc) is 2.64. The molecule has 0 bridgehead atoms. The van der Waals surface area contributed by atoms with Crippen molar-refractivity contribution >= 4 is 22.8 Å². The fourth-order valence-electron chi connectivity index (χ4n) is 1.76. The van der Waals surface area contributed by atoms with Crippen molar-refractivity contribution in [1.29, 1.82) is 0 Å². The molecule has 1 heterocycles. The maximum Gasteiger partial charge on any atom is 0.419 e. The highest BCUT2D eigenvalue weighted by Gasteiger charge is 2.13. The Balaban J connectivity index is 2.34. The maximum atomic E-state index is 11.6. The number of carbonyl (C=O) groups excluding carboxylic acids is 1. The summed E-state index contributed by atoms with van der Waals surface area (Å²) in [5, 5.41) is 20.9. The second-order valence-electron chi connectivity index (χ2n) is 3.90. The summed E-state index contributed by atoms with van der Waals surface area (Å²) in [4.78, 5) is 31.9. The predicted molar refractivity (Wildman–Crippen MR) is 61.4 cm³/mol. The minimum Gasteiger partial charge on any atom is -0.550 e.